The van der Waals surface area contributed by atoms with Gasteiger partial charge in [-0.1, -0.05) is 0 Å². The summed E-state index contributed by atoms with van der Waals surface area (Å²) in [5.74, 6) is -0.112. The number of carbonyl (C=O) groups excluding carboxylic acids is 1. The van der Waals surface area contributed by atoms with Crippen LogP contribution in [0, 0.1) is 10.1 Å². The monoisotopic (exact) mass is 253 g/mol. The Hall–Kier alpha value is -2.15. The van der Waals surface area contributed by atoms with Crippen molar-refractivity contribution < 1.29 is 14.5 Å². The first-order valence-corrected chi connectivity index (χ1v) is 5.41. The van der Waals surface area contributed by atoms with E-state index in [9.17, 15) is 14.9 Å². The third kappa shape index (κ3) is 3.42. The van der Waals surface area contributed by atoms with Gasteiger partial charge < -0.3 is 15.8 Å². The summed E-state index contributed by atoms with van der Waals surface area (Å²) in [5, 5.41) is 13.4. The molecule has 1 amide bonds. The Morgan fingerprint density at radius 2 is 2.28 bits per heavy atom. The summed E-state index contributed by atoms with van der Waals surface area (Å²) in [4.78, 5) is 22.0. The van der Waals surface area contributed by atoms with Crippen molar-refractivity contribution in [3.63, 3.8) is 0 Å². The second kappa shape index (κ2) is 6.55. The summed E-state index contributed by atoms with van der Waals surface area (Å²) in [7, 11) is 1.43. The number of nitrogens with one attached hydrogen (secondary N) is 1. The fraction of sp³-hybridized carbons (Fsp3) is 0.364. The zero-order valence-corrected chi connectivity index (χ0v) is 10.0. The van der Waals surface area contributed by atoms with Crippen LogP contribution in [0.2, 0.25) is 0 Å². The Bertz CT molecular complexity index is 448. The Morgan fingerprint density at radius 3 is 2.83 bits per heavy atom. The summed E-state index contributed by atoms with van der Waals surface area (Å²) in [6.45, 7) is 0.824. The zero-order valence-electron chi connectivity index (χ0n) is 10.0. The highest BCUT2D eigenvalue weighted by Gasteiger charge is 2.20. The number of ether oxygens (including phenoxy) is 1. The molecular weight excluding hydrogens is 238 g/mol. The van der Waals surface area contributed by atoms with Crippen LogP contribution in [0.3, 0.4) is 0 Å². The van der Waals surface area contributed by atoms with Gasteiger partial charge in [-0.3, -0.25) is 14.9 Å². The molecule has 1 aromatic carbocycles. The van der Waals surface area contributed by atoms with Crippen molar-refractivity contribution in [2.75, 3.05) is 20.2 Å². The highest BCUT2D eigenvalue weighted by Crippen LogP contribution is 2.23. The standard InChI is InChI=1S/C11H15N3O4/c1-18-8-3-4-10(14(16)17)9(7-8)11(15)13-6-2-5-12/h3-4,7H,2,5-6,12H2,1H3,(H,13,15). The minimum absolute atomic E-state index is 0.0172. The quantitative estimate of drug-likeness (QED) is 0.440. The second-order valence-corrected chi connectivity index (χ2v) is 3.54. The number of nitro benzene ring substituents is 1. The van der Waals surface area contributed by atoms with Gasteiger partial charge in [-0.05, 0) is 25.1 Å². The van der Waals surface area contributed by atoms with Gasteiger partial charge in [0.2, 0.25) is 0 Å². The molecule has 0 bridgehead atoms. The fourth-order valence-corrected chi connectivity index (χ4v) is 1.38. The first kappa shape index (κ1) is 13.9. The van der Waals surface area contributed by atoms with Crippen LogP contribution >= 0.6 is 0 Å². The van der Waals surface area contributed by atoms with Crippen LogP contribution in [-0.4, -0.2) is 31.0 Å². The molecule has 0 aliphatic rings. The van der Waals surface area contributed by atoms with Crippen LogP contribution in [0.25, 0.3) is 0 Å². The largest absolute Gasteiger partial charge is 0.497 e. The van der Waals surface area contributed by atoms with Crippen LogP contribution in [0.1, 0.15) is 16.8 Å². The van der Waals surface area contributed by atoms with Crippen LogP contribution in [0.5, 0.6) is 5.75 Å². The molecule has 0 fully saturated rings. The molecule has 18 heavy (non-hydrogen) atoms. The van der Waals surface area contributed by atoms with E-state index in [1.54, 1.807) is 0 Å². The van der Waals surface area contributed by atoms with Crippen molar-refractivity contribution in [3.05, 3.63) is 33.9 Å². The fourth-order valence-electron chi connectivity index (χ4n) is 1.38. The minimum atomic E-state index is -0.600. The molecule has 0 heterocycles. The number of hydrogen-bond donors (Lipinski definition) is 2. The number of hydrogen-bond acceptors (Lipinski definition) is 5. The first-order chi connectivity index (χ1) is 8.60. The maximum Gasteiger partial charge on any atom is 0.282 e. The smallest absolute Gasteiger partial charge is 0.282 e. The molecular formula is C11H15N3O4. The molecule has 0 aromatic heterocycles. The van der Waals surface area contributed by atoms with Crippen LogP contribution < -0.4 is 15.8 Å². The van der Waals surface area contributed by atoms with Gasteiger partial charge in [-0.25, -0.2) is 0 Å². The van der Waals surface area contributed by atoms with Gasteiger partial charge in [0.15, 0.2) is 0 Å². The van der Waals surface area contributed by atoms with E-state index in [0.29, 0.717) is 25.3 Å². The lowest BCUT2D eigenvalue weighted by atomic mass is 10.1. The molecule has 0 aliphatic heterocycles. The van der Waals surface area contributed by atoms with Crippen LogP contribution in [0.4, 0.5) is 5.69 Å². The van der Waals surface area contributed by atoms with Gasteiger partial charge in [0.25, 0.3) is 11.6 Å². The summed E-state index contributed by atoms with van der Waals surface area (Å²) in [6.07, 6.45) is 0.615. The van der Waals surface area contributed by atoms with Crippen LogP contribution in [-0.2, 0) is 0 Å². The topological polar surface area (TPSA) is 107 Å². The van der Waals surface area contributed by atoms with E-state index in [1.807, 2.05) is 0 Å². The summed E-state index contributed by atoms with van der Waals surface area (Å²) in [5.41, 5.74) is 5.03. The van der Waals surface area contributed by atoms with Crippen molar-refractivity contribution in [3.8, 4) is 5.75 Å². The maximum absolute atomic E-state index is 11.8. The number of carbonyl (C=O) groups is 1. The predicted octanol–water partition coefficient (Wildman–Crippen LogP) is 0.682. The molecule has 0 aliphatic carbocycles. The second-order valence-electron chi connectivity index (χ2n) is 3.54. The van der Waals surface area contributed by atoms with Crippen LogP contribution in [0.15, 0.2) is 18.2 Å². The lowest BCUT2D eigenvalue weighted by Crippen LogP contribution is -2.26. The number of nitrogens with zero attached hydrogens (tertiary/aromatic N) is 1. The molecule has 0 spiro atoms. The van der Waals surface area contributed by atoms with E-state index >= 15 is 0 Å². The lowest BCUT2D eigenvalue weighted by Gasteiger charge is -2.06. The predicted molar refractivity (Wildman–Crippen MR) is 65.7 cm³/mol. The average Bonchev–Trinajstić information content (AvgIpc) is 2.38. The van der Waals surface area contributed by atoms with Gasteiger partial charge in [0, 0.05) is 12.6 Å². The van der Waals surface area contributed by atoms with E-state index in [-0.39, 0.29) is 11.3 Å². The van der Waals surface area contributed by atoms with Gasteiger partial charge in [-0.15, -0.1) is 0 Å². The van der Waals surface area contributed by atoms with Crippen molar-refractivity contribution in [2.45, 2.75) is 6.42 Å². The van der Waals surface area contributed by atoms with E-state index < -0.39 is 10.8 Å². The zero-order chi connectivity index (χ0) is 13.5. The SMILES string of the molecule is COc1ccc([N+](=O)[O-])c(C(=O)NCCCN)c1. The Morgan fingerprint density at radius 1 is 1.56 bits per heavy atom. The number of amides is 1. The third-order valence-electron chi connectivity index (χ3n) is 2.31. The molecule has 1 aromatic rings. The average molecular weight is 253 g/mol. The van der Waals surface area contributed by atoms with Gasteiger partial charge in [0.05, 0.1) is 12.0 Å². The number of methoxy groups -OCH3 is 1. The summed E-state index contributed by atoms with van der Waals surface area (Å²) in [6, 6.07) is 4.03. The van der Waals surface area contributed by atoms with E-state index in [1.165, 1.54) is 25.3 Å². The molecule has 98 valence electrons. The molecule has 3 N–H and O–H groups in total. The molecule has 1 rings (SSSR count). The Kier molecular flexibility index (Phi) is 5.06. The minimum Gasteiger partial charge on any atom is -0.497 e. The van der Waals surface area contributed by atoms with Gasteiger partial charge in [0.1, 0.15) is 11.3 Å². The number of rotatable bonds is 6. The van der Waals surface area contributed by atoms with Gasteiger partial charge in [-0.2, -0.15) is 0 Å². The van der Waals surface area contributed by atoms with E-state index in [0.717, 1.165) is 0 Å². The molecule has 0 saturated heterocycles. The maximum atomic E-state index is 11.8. The highest BCUT2D eigenvalue weighted by atomic mass is 16.6. The van der Waals surface area contributed by atoms with Crippen molar-refractivity contribution >= 4 is 11.6 Å². The Balaban J connectivity index is 2.96. The normalized spacial score (nSPS) is 9.89. The lowest BCUT2D eigenvalue weighted by molar-refractivity contribution is -0.385. The highest BCUT2D eigenvalue weighted by molar-refractivity contribution is 5.98. The van der Waals surface area contributed by atoms with E-state index in [4.69, 9.17) is 10.5 Å². The summed E-state index contributed by atoms with van der Waals surface area (Å²) < 4.78 is 4.94. The van der Waals surface area contributed by atoms with Gasteiger partial charge >= 0.3 is 0 Å². The molecule has 7 nitrogen and oxygen atoms in total. The number of nitrogens with two attached hydrogens (primary N) is 1. The van der Waals surface area contributed by atoms with Crippen molar-refractivity contribution in [1.82, 2.24) is 5.32 Å². The molecule has 0 unspecified atom stereocenters. The molecule has 0 saturated carbocycles. The van der Waals surface area contributed by atoms with E-state index in [2.05, 4.69) is 5.32 Å². The Labute approximate surface area is 104 Å². The molecule has 0 atom stereocenters. The molecule has 0 radical (unpaired) electrons. The van der Waals surface area contributed by atoms with Crippen molar-refractivity contribution in [2.24, 2.45) is 5.73 Å². The number of benzene rings is 1. The summed E-state index contributed by atoms with van der Waals surface area (Å²) >= 11 is 0. The third-order valence-corrected chi connectivity index (χ3v) is 2.31. The first-order valence-electron chi connectivity index (χ1n) is 5.41. The number of nitro groups is 1. The molecule has 7 heteroatoms. The van der Waals surface area contributed by atoms with Crippen molar-refractivity contribution in [1.29, 1.82) is 0 Å².